The smallest absolute Gasteiger partial charge is 0.382 e. The summed E-state index contributed by atoms with van der Waals surface area (Å²) >= 11 is 0. The lowest BCUT2D eigenvalue weighted by atomic mass is 10.8. The van der Waals surface area contributed by atoms with Crippen LogP contribution in [-0.4, -0.2) is 54.2 Å². The van der Waals surface area contributed by atoms with E-state index in [0.717, 1.165) is 0 Å². The van der Waals surface area contributed by atoms with E-state index in [1.54, 1.807) is 0 Å². The summed E-state index contributed by atoms with van der Waals surface area (Å²) in [7, 11) is -4.64. The molecule has 3 N–H and O–H groups in total. The molecule has 0 atom stereocenters. The highest BCUT2D eigenvalue weighted by molar-refractivity contribution is 7.83. The van der Waals surface area contributed by atoms with Gasteiger partial charge < -0.3 is 10.2 Å². The number of aliphatic hydroxyl groups excluding tert-OH is 2. The van der Waals surface area contributed by atoms with Gasteiger partial charge in [-0.3, -0.25) is 14.2 Å². The van der Waals surface area contributed by atoms with Crippen LogP contribution in [0.25, 0.3) is 0 Å². The molecular weight excluding hydrogens is 206 g/mol. The van der Waals surface area contributed by atoms with Crippen LogP contribution in [-0.2, 0) is 20.0 Å². The standard InChI is InChI=1S/C4H11NO7S/c6-1-3-11-5(12-4-2-7)13(8,9)10/h6-7H,1-4H2,(H,8,9,10). The minimum absolute atomic E-state index is 0.181. The van der Waals surface area contributed by atoms with Crippen molar-refractivity contribution >= 4 is 10.3 Å². The van der Waals surface area contributed by atoms with Crippen LogP contribution in [0, 0.1) is 0 Å². The van der Waals surface area contributed by atoms with Gasteiger partial charge >= 0.3 is 10.3 Å². The summed E-state index contributed by atoms with van der Waals surface area (Å²) in [6.07, 6.45) is 0. The summed E-state index contributed by atoms with van der Waals surface area (Å²) < 4.78 is 29.1. The first kappa shape index (κ1) is 12.7. The molecule has 0 unspecified atom stereocenters. The molecule has 0 aromatic heterocycles. The molecule has 80 valence electrons. The second kappa shape index (κ2) is 6.21. The minimum atomic E-state index is -4.64. The molecule has 13 heavy (non-hydrogen) atoms. The van der Waals surface area contributed by atoms with E-state index in [0.29, 0.717) is 0 Å². The molecule has 0 bridgehead atoms. The molecule has 0 saturated heterocycles. The maximum absolute atomic E-state index is 10.4. The maximum atomic E-state index is 10.4. The van der Waals surface area contributed by atoms with Gasteiger partial charge in [-0.2, -0.15) is 8.42 Å². The van der Waals surface area contributed by atoms with Crippen molar-refractivity contribution in [3.63, 3.8) is 0 Å². The van der Waals surface area contributed by atoms with E-state index in [4.69, 9.17) is 14.8 Å². The molecule has 0 heterocycles. The SMILES string of the molecule is O=S(=O)(O)N(OCCO)OCCO. The molecule has 0 amide bonds. The van der Waals surface area contributed by atoms with Gasteiger partial charge in [0.1, 0.15) is 0 Å². The number of hydrogen-bond acceptors (Lipinski definition) is 6. The van der Waals surface area contributed by atoms with Crippen molar-refractivity contribution in [2.24, 2.45) is 0 Å². The van der Waals surface area contributed by atoms with Crippen LogP contribution in [0.2, 0.25) is 0 Å². The Hall–Kier alpha value is -0.290. The zero-order valence-corrected chi connectivity index (χ0v) is 7.48. The molecule has 0 rings (SSSR count). The van der Waals surface area contributed by atoms with Crippen molar-refractivity contribution in [1.29, 1.82) is 0 Å². The largest absolute Gasteiger partial charge is 0.394 e. The van der Waals surface area contributed by atoms with Gasteiger partial charge in [0.05, 0.1) is 31.1 Å². The fourth-order valence-electron chi connectivity index (χ4n) is 0.401. The third-order valence-electron chi connectivity index (χ3n) is 0.764. The van der Waals surface area contributed by atoms with Crippen LogP contribution in [0.4, 0.5) is 0 Å². The lowest BCUT2D eigenvalue weighted by Gasteiger charge is -2.15. The minimum Gasteiger partial charge on any atom is -0.394 e. The first-order valence-electron chi connectivity index (χ1n) is 3.27. The first-order chi connectivity index (χ1) is 6.02. The monoisotopic (exact) mass is 217 g/mol. The summed E-state index contributed by atoms with van der Waals surface area (Å²) in [5.41, 5.74) is 0. The zero-order valence-electron chi connectivity index (χ0n) is 6.66. The van der Waals surface area contributed by atoms with Gasteiger partial charge in [0.2, 0.25) is 0 Å². The normalized spacial score (nSPS) is 12.3. The Balaban J connectivity index is 4.04. The third-order valence-corrected chi connectivity index (χ3v) is 1.35. The maximum Gasteiger partial charge on any atom is 0.382 e. The van der Waals surface area contributed by atoms with Crippen LogP contribution in [0.1, 0.15) is 0 Å². The zero-order chi connectivity index (χ0) is 10.3. The Labute approximate surface area is 75.1 Å². The Morgan fingerprint density at radius 2 is 1.46 bits per heavy atom. The van der Waals surface area contributed by atoms with Gasteiger partial charge in [-0.25, -0.2) is 0 Å². The highest BCUT2D eigenvalue weighted by Gasteiger charge is 2.20. The number of rotatable bonds is 7. The van der Waals surface area contributed by atoms with Crippen LogP contribution in [0.5, 0.6) is 0 Å². The van der Waals surface area contributed by atoms with Crippen molar-refractivity contribution in [3.8, 4) is 0 Å². The Morgan fingerprint density at radius 1 is 1.08 bits per heavy atom. The Bertz CT molecular complexity index is 207. The lowest BCUT2D eigenvalue weighted by molar-refractivity contribution is -0.309. The second-order valence-electron chi connectivity index (χ2n) is 1.79. The van der Waals surface area contributed by atoms with Crippen molar-refractivity contribution in [3.05, 3.63) is 0 Å². The lowest BCUT2D eigenvalue weighted by Crippen LogP contribution is -2.32. The summed E-state index contributed by atoms with van der Waals surface area (Å²) in [5, 5.41) is 16.5. The topological polar surface area (TPSA) is 117 Å². The van der Waals surface area contributed by atoms with Gasteiger partial charge in [-0.1, -0.05) is 0 Å². The predicted octanol–water partition coefficient (Wildman–Crippen LogP) is -2.06. The Kier molecular flexibility index (Phi) is 6.07. The number of hydrogen-bond donors (Lipinski definition) is 3. The molecule has 0 aliphatic heterocycles. The highest BCUT2D eigenvalue weighted by Crippen LogP contribution is 1.99. The predicted molar refractivity (Wildman–Crippen MR) is 39.5 cm³/mol. The summed E-state index contributed by atoms with van der Waals surface area (Å²) in [6.45, 7) is -1.58. The fraction of sp³-hybridized carbons (Fsp3) is 1.00. The first-order valence-corrected chi connectivity index (χ1v) is 4.67. The van der Waals surface area contributed by atoms with Gasteiger partial charge in [0.25, 0.3) is 0 Å². The van der Waals surface area contributed by atoms with Crippen LogP contribution in [0.3, 0.4) is 0 Å². The molecule has 0 fully saturated rings. The molecule has 0 saturated carbocycles. The van der Waals surface area contributed by atoms with Crippen molar-refractivity contribution in [2.45, 2.75) is 0 Å². The van der Waals surface area contributed by atoms with E-state index in [1.807, 2.05) is 0 Å². The third kappa shape index (κ3) is 5.87. The molecule has 9 heteroatoms. The van der Waals surface area contributed by atoms with Crippen LogP contribution < -0.4 is 0 Å². The summed E-state index contributed by atoms with van der Waals surface area (Å²) in [6, 6.07) is 0. The molecule has 0 aromatic rings. The summed E-state index contributed by atoms with van der Waals surface area (Å²) in [4.78, 5) is 8.54. The van der Waals surface area contributed by atoms with Crippen molar-refractivity contribution in [1.82, 2.24) is 4.63 Å². The number of nitrogens with zero attached hydrogens (tertiary/aromatic N) is 1. The van der Waals surface area contributed by atoms with Gasteiger partial charge in [-0.15, -0.1) is 0 Å². The van der Waals surface area contributed by atoms with Crippen molar-refractivity contribution < 1.29 is 32.9 Å². The van der Waals surface area contributed by atoms with E-state index < -0.39 is 23.5 Å². The molecule has 0 spiro atoms. The molecular formula is C4H11NO7S. The van der Waals surface area contributed by atoms with Crippen molar-refractivity contribution in [2.75, 3.05) is 26.4 Å². The van der Waals surface area contributed by atoms with E-state index in [9.17, 15) is 8.42 Å². The quantitative estimate of drug-likeness (QED) is 0.331. The summed E-state index contributed by atoms with van der Waals surface area (Å²) in [5.74, 6) is 0. The molecule has 0 aromatic carbocycles. The van der Waals surface area contributed by atoms with Gasteiger partial charge in [0.15, 0.2) is 0 Å². The van der Waals surface area contributed by atoms with Gasteiger partial charge in [-0.05, 0) is 0 Å². The van der Waals surface area contributed by atoms with E-state index in [-0.39, 0.29) is 17.8 Å². The second-order valence-corrected chi connectivity index (χ2v) is 2.98. The van der Waals surface area contributed by atoms with E-state index in [1.165, 1.54) is 0 Å². The molecule has 0 aliphatic rings. The molecule has 0 aliphatic carbocycles. The highest BCUT2D eigenvalue weighted by atomic mass is 32.2. The molecule has 8 nitrogen and oxygen atoms in total. The van der Waals surface area contributed by atoms with E-state index >= 15 is 0 Å². The fourth-order valence-corrected chi connectivity index (χ4v) is 0.817. The van der Waals surface area contributed by atoms with Crippen LogP contribution in [0.15, 0.2) is 0 Å². The number of aliphatic hydroxyl groups is 2. The average Bonchev–Trinajstić information content (AvgIpc) is 2.02. The van der Waals surface area contributed by atoms with Gasteiger partial charge in [0, 0.05) is 0 Å². The average molecular weight is 217 g/mol. The Morgan fingerprint density at radius 3 is 1.69 bits per heavy atom. The molecule has 0 radical (unpaired) electrons. The van der Waals surface area contributed by atoms with E-state index in [2.05, 4.69) is 9.68 Å². The van der Waals surface area contributed by atoms with Crippen LogP contribution >= 0.6 is 0 Å².